The molecule has 0 N–H and O–H groups in total. The number of hydrogen-bond donors (Lipinski definition) is 0. The van der Waals surface area contributed by atoms with Gasteiger partial charge in [-0.05, 0) is 37.6 Å². The van der Waals surface area contributed by atoms with Crippen molar-refractivity contribution in [3.8, 4) is 0 Å². The second-order valence-electron chi connectivity index (χ2n) is 5.24. The van der Waals surface area contributed by atoms with Crippen LogP contribution in [0.2, 0.25) is 0 Å². The van der Waals surface area contributed by atoms with Gasteiger partial charge in [-0.1, -0.05) is 18.2 Å². The second-order valence-corrected chi connectivity index (χ2v) is 5.24. The smallest absolute Gasteiger partial charge is 0.363 e. The first kappa shape index (κ1) is 15.7. The van der Waals surface area contributed by atoms with E-state index < -0.39 is 11.9 Å². The summed E-state index contributed by atoms with van der Waals surface area (Å²) < 4.78 is 15.4. The first-order valence-electron chi connectivity index (χ1n) is 7.27. The highest BCUT2D eigenvalue weighted by Gasteiger charge is 2.27. The molecular formula is C18H15NO5. The molecule has 2 heterocycles. The van der Waals surface area contributed by atoms with Gasteiger partial charge in [0.2, 0.25) is 5.90 Å². The molecule has 1 aliphatic heterocycles. The Hall–Kier alpha value is -3.15. The van der Waals surface area contributed by atoms with E-state index in [1.54, 1.807) is 44.2 Å². The maximum absolute atomic E-state index is 12.1. The molecule has 1 aromatic heterocycles. The van der Waals surface area contributed by atoms with Crippen molar-refractivity contribution in [1.82, 2.24) is 0 Å². The predicted octanol–water partition coefficient (Wildman–Crippen LogP) is 3.03. The molecule has 0 aliphatic carbocycles. The Kier molecular flexibility index (Phi) is 4.04. The number of aliphatic imine (C=N–C) groups is 1. The van der Waals surface area contributed by atoms with Crippen molar-refractivity contribution < 1.29 is 23.5 Å². The van der Waals surface area contributed by atoms with Gasteiger partial charge < -0.3 is 13.9 Å². The number of furan rings is 1. The zero-order valence-electron chi connectivity index (χ0n) is 13.5. The van der Waals surface area contributed by atoms with Crippen molar-refractivity contribution in [3.63, 3.8) is 0 Å². The molecule has 6 heteroatoms. The van der Waals surface area contributed by atoms with Gasteiger partial charge in [-0.25, -0.2) is 14.6 Å². The number of ether oxygens (including phenoxy) is 2. The van der Waals surface area contributed by atoms with Gasteiger partial charge in [0.25, 0.3) is 0 Å². The molecule has 24 heavy (non-hydrogen) atoms. The second kappa shape index (κ2) is 6.16. The molecule has 0 saturated carbocycles. The summed E-state index contributed by atoms with van der Waals surface area (Å²) in [5.41, 5.74) is 1.62. The number of cyclic esters (lactones) is 1. The number of aryl methyl sites for hydroxylation is 2. The lowest BCUT2D eigenvalue weighted by atomic mass is 10.1. The maximum Gasteiger partial charge on any atom is 0.363 e. The Morgan fingerprint density at radius 3 is 2.67 bits per heavy atom. The van der Waals surface area contributed by atoms with Gasteiger partial charge in [0.15, 0.2) is 5.70 Å². The fourth-order valence-corrected chi connectivity index (χ4v) is 2.43. The van der Waals surface area contributed by atoms with Gasteiger partial charge in [-0.3, -0.25) is 0 Å². The Balaban J connectivity index is 2.01. The van der Waals surface area contributed by atoms with Crippen molar-refractivity contribution in [3.05, 3.63) is 64.2 Å². The minimum Gasteiger partial charge on any atom is -0.466 e. The molecule has 0 saturated heterocycles. The molecule has 0 amide bonds. The van der Waals surface area contributed by atoms with E-state index >= 15 is 0 Å². The van der Waals surface area contributed by atoms with Crippen LogP contribution in [0.25, 0.3) is 6.08 Å². The van der Waals surface area contributed by atoms with E-state index in [0.717, 1.165) is 0 Å². The molecule has 0 bridgehead atoms. The van der Waals surface area contributed by atoms with Gasteiger partial charge in [0.1, 0.15) is 11.5 Å². The Morgan fingerprint density at radius 2 is 2.00 bits per heavy atom. The van der Waals surface area contributed by atoms with Crippen molar-refractivity contribution in [2.24, 2.45) is 4.99 Å². The number of carbonyl (C=O) groups is 2. The van der Waals surface area contributed by atoms with Crippen LogP contribution < -0.4 is 0 Å². The van der Waals surface area contributed by atoms with Crippen molar-refractivity contribution in [2.45, 2.75) is 13.8 Å². The van der Waals surface area contributed by atoms with Crippen molar-refractivity contribution in [2.75, 3.05) is 7.11 Å². The van der Waals surface area contributed by atoms with E-state index in [2.05, 4.69) is 4.99 Å². The summed E-state index contributed by atoms with van der Waals surface area (Å²) in [7, 11) is 1.30. The van der Waals surface area contributed by atoms with Crippen LogP contribution >= 0.6 is 0 Å². The number of carbonyl (C=O) groups excluding carboxylic acids is 2. The fourth-order valence-electron chi connectivity index (χ4n) is 2.43. The Bertz CT molecular complexity index is 889. The van der Waals surface area contributed by atoms with Crippen molar-refractivity contribution in [1.29, 1.82) is 0 Å². The van der Waals surface area contributed by atoms with Gasteiger partial charge in [-0.15, -0.1) is 0 Å². The van der Waals surface area contributed by atoms with Crippen molar-refractivity contribution >= 4 is 23.9 Å². The molecule has 6 nitrogen and oxygen atoms in total. The number of methoxy groups -OCH3 is 1. The third-order valence-corrected chi connectivity index (χ3v) is 3.55. The van der Waals surface area contributed by atoms with E-state index in [9.17, 15) is 9.59 Å². The minimum atomic E-state index is -0.581. The summed E-state index contributed by atoms with van der Waals surface area (Å²) in [6, 6.07) is 8.55. The summed E-state index contributed by atoms with van der Waals surface area (Å²) >= 11 is 0. The normalized spacial score (nSPS) is 15.4. The highest BCUT2D eigenvalue weighted by Crippen LogP contribution is 2.24. The lowest BCUT2D eigenvalue weighted by Crippen LogP contribution is -2.06. The lowest BCUT2D eigenvalue weighted by molar-refractivity contribution is -0.129. The zero-order chi connectivity index (χ0) is 17.3. The highest BCUT2D eigenvalue weighted by atomic mass is 16.6. The van der Waals surface area contributed by atoms with Gasteiger partial charge in [0, 0.05) is 0 Å². The maximum atomic E-state index is 12.1. The number of nitrogens with zero attached hydrogens (tertiary/aromatic N) is 1. The van der Waals surface area contributed by atoms with Crippen LogP contribution in [0, 0.1) is 13.8 Å². The first-order chi connectivity index (χ1) is 11.5. The van der Waals surface area contributed by atoms with Crippen LogP contribution in [-0.2, 0) is 14.3 Å². The van der Waals surface area contributed by atoms with Crippen LogP contribution in [0.15, 0.2) is 45.4 Å². The third kappa shape index (κ3) is 2.86. The molecule has 1 aromatic carbocycles. The minimum absolute atomic E-state index is 0.111. The quantitative estimate of drug-likeness (QED) is 0.640. The molecular weight excluding hydrogens is 310 g/mol. The Labute approximate surface area is 138 Å². The summed E-state index contributed by atoms with van der Waals surface area (Å²) in [5.74, 6) is 0.448. The van der Waals surface area contributed by atoms with Crippen LogP contribution in [-0.4, -0.2) is 24.9 Å². The van der Waals surface area contributed by atoms with Crippen LogP contribution in [0.4, 0.5) is 0 Å². The SMILES string of the molecule is COC(=O)c1ccccc1/C=C1\N=C(c2cc(C)oc2C)OC1=O. The summed E-state index contributed by atoms with van der Waals surface area (Å²) in [4.78, 5) is 28.1. The highest BCUT2D eigenvalue weighted by molar-refractivity contribution is 6.13. The van der Waals surface area contributed by atoms with E-state index in [-0.39, 0.29) is 11.6 Å². The first-order valence-corrected chi connectivity index (χ1v) is 7.27. The summed E-state index contributed by atoms with van der Waals surface area (Å²) in [6.07, 6.45) is 1.50. The van der Waals surface area contributed by atoms with Crippen LogP contribution in [0.3, 0.4) is 0 Å². The summed E-state index contributed by atoms with van der Waals surface area (Å²) in [6.45, 7) is 3.57. The molecule has 3 rings (SSSR count). The lowest BCUT2D eigenvalue weighted by Gasteiger charge is -2.03. The summed E-state index contributed by atoms with van der Waals surface area (Å²) in [5, 5.41) is 0. The molecule has 0 atom stereocenters. The van der Waals surface area contributed by atoms with Crippen LogP contribution in [0.5, 0.6) is 0 Å². The van der Waals surface area contributed by atoms with E-state index in [1.165, 1.54) is 13.2 Å². The average Bonchev–Trinajstić information content (AvgIpc) is 3.09. The number of esters is 2. The molecule has 1 aliphatic rings. The molecule has 0 spiro atoms. The molecule has 0 unspecified atom stereocenters. The Morgan fingerprint density at radius 1 is 1.25 bits per heavy atom. The zero-order valence-corrected chi connectivity index (χ0v) is 13.5. The average molecular weight is 325 g/mol. The van der Waals surface area contributed by atoms with Gasteiger partial charge in [-0.2, -0.15) is 0 Å². The number of rotatable bonds is 3. The third-order valence-electron chi connectivity index (χ3n) is 3.55. The molecule has 122 valence electrons. The molecule has 0 radical (unpaired) electrons. The predicted molar refractivity (Wildman–Crippen MR) is 86.6 cm³/mol. The van der Waals surface area contributed by atoms with Gasteiger partial charge >= 0.3 is 11.9 Å². The number of benzene rings is 1. The monoisotopic (exact) mass is 325 g/mol. The molecule has 0 fully saturated rings. The standard InChI is InChI=1S/C18H15NO5/c1-10-8-14(11(2)23-10)16-19-15(18(21)24-16)9-12-6-4-5-7-13(12)17(20)22-3/h4-9H,1-3H3/b15-9-. The fraction of sp³-hybridized carbons (Fsp3) is 0.167. The van der Waals surface area contributed by atoms with Gasteiger partial charge in [0.05, 0.1) is 18.2 Å². The van der Waals surface area contributed by atoms with E-state index in [4.69, 9.17) is 13.9 Å². The number of hydrogen-bond acceptors (Lipinski definition) is 6. The van der Waals surface area contributed by atoms with E-state index in [1.807, 2.05) is 0 Å². The largest absolute Gasteiger partial charge is 0.466 e. The topological polar surface area (TPSA) is 78.1 Å². The van der Waals surface area contributed by atoms with E-state index in [0.29, 0.717) is 28.2 Å². The van der Waals surface area contributed by atoms with Crippen LogP contribution in [0.1, 0.15) is 33.0 Å². The molecule has 2 aromatic rings.